The maximum Gasteiger partial charge on any atom is 0.160 e. The third-order valence-electron chi connectivity index (χ3n) is 5.66. The lowest BCUT2D eigenvalue weighted by molar-refractivity contribution is 0.330. The summed E-state index contributed by atoms with van der Waals surface area (Å²) in [5, 5.41) is 7.97. The number of nitrogens with zero attached hydrogens (tertiary/aromatic N) is 4. The molecule has 6 heteroatoms. The minimum absolute atomic E-state index is 0.164. The number of anilines is 1. The van der Waals surface area contributed by atoms with E-state index < -0.39 is 0 Å². The van der Waals surface area contributed by atoms with Crippen molar-refractivity contribution >= 4 is 16.9 Å². The van der Waals surface area contributed by atoms with Gasteiger partial charge in [-0.25, -0.2) is 9.97 Å². The average molecular weight is 364 g/mol. The standard InChI is InChI=1S/C21H28N6/c1-20(2,3)16-6-4-15(5-7-16)12-21(22)8-10-27(11-9-21)19-17-13-25-26-18(17)23-14-24-19/h4-7,13-14H,8-12,22H2,1-3H3,(H,23,24,25,26). The number of fused-ring (bicyclic) bond motifs is 1. The summed E-state index contributed by atoms with van der Waals surface area (Å²) in [6.07, 6.45) is 6.19. The summed E-state index contributed by atoms with van der Waals surface area (Å²) in [6.45, 7) is 8.52. The SMILES string of the molecule is CC(C)(C)c1ccc(CC2(N)CCN(c3ncnc4[nH]ncc34)CC2)cc1. The molecule has 0 amide bonds. The first kappa shape index (κ1) is 17.9. The number of aromatic amines is 1. The fourth-order valence-corrected chi connectivity index (χ4v) is 3.87. The molecule has 0 saturated carbocycles. The van der Waals surface area contributed by atoms with Crippen molar-refractivity contribution in [2.24, 2.45) is 5.73 Å². The number of benzene rings is 1. The van der Waals surface area contributed by atoms with Crippen molar-refractivity contribution in [3.05, 3.63) is 47.9 Å². The van der Waals surface area contributed by atoms with Gasteiger partial charge in [0.15, 0.2) is 5.65 Å². The zero-order valence-corrected chi connectivity index (χ0v) is 16.4. The van der Waals surface area contributed by atoms with Crippen molar-refractivity contribution in [1.82, 2.24) is 20.2 Å². The number of hydrogen-bond acceptors (Lipinski definition) is 5. The first-order valence-corrected chi connectivity index (χ1v) is 9.61. The Bertz CT molecular complexity index is 914. The second-order valence-electron chi connectivity index (χ2n) is 8.80. The predicted octanol–water partition coefficient (Wildman–Crippen LogP) is 3.19. The Balaban J connectivity index is 1.44. The van der Waals surface area contributed by atoms with Crippen molar-refractivity contribution in [1.29, 1.82) is 0 Å². The Morgan fingerprint density at radius 3 is 2.48 bits per heavy atom. The molecule has 0 spiro atoms. The van der Waals surface area contributed by atoms with Gasteiger partial charge in [0.25, 0.3) is 0 Å². The van der Waals surface area contributed by atoms with Crippen molar-refractivity contribution < 1.29 is 0 Å². The van der Waals surface area contributed by atoms with Crippen molar-refractivity contribution in [2.45, 2.75) is 51.0 Å². The topological polar surface area (TPSA) is 83.7 Å². The second-order valence-corrected chi connectivity index (χ2v) is 8.80. The Morgan fingerprint density at radius 2 is 1.81 bits per heavy atom. The third-order valence-corrected chi connectivity index (χ3v) is 5.66. The molecule has 0 bridgehead atoms. The lowest BCUT2D eigenvalue weighted by Crippen LogP contribution is -2.52. The normalized spacial score (nSPS) is 17.4. The molecular weight excluding hydrogens is 336 g/mol. The summed E-state index contributed by atoms with van der Waals surface area (Å²) in [5.41, 5.74) is 10.2. The van der Waals surface area contributed by atoms with Gasteiger partial charge in [-0.05, 0) is 35.8 Å². The molecule has 3 N–H and O–H groups in total. The molecule has 0 radical (unpaired) electrons. The Hall–Kier alpha value is -2.47. The average Bonchev–Trinajstić information content (AvgIpc) is 3.11. The van der Waals surface area contributed by atoms with Gasteiger partial charge in [-0.1, -0.05) is 45.0 Å². The van der Waals surface area contributed by atoms with Crippen molar-refractivity contribution in [3.63, 3.8) is 0 Å². The lowest BCUT2D eigenvalue weighted by Gasteiger charge is -2.40. The first-order chi connectivity index (χ1) is 12.8. The Labute approximate surface area is 160 Å². The molecule has 1 aliphatic rings. The van der Waals surface area contributed by atoms with E-state index in [1.54, 1.807) is 12.5 Å². The molecule has 1 aromatic carbocycles. The highest BCUT2D eigenvalue weighted by Gasteiger charge is 2.32. The molecule has 27 heavy (non-hydrogen) atoms. The number of rotatable bonds is 3. The number of H-pyrrole nitrogens is 1. The Kier molecular flexibility index (Phi) is 4.38. The monoisotopic (exact) mass is 364 g/mol. The summed E-state index contributed by atoms with van der Waals surface area (Å²) < 4.78 is 0. The van der Waals surface area contributed by atoms with Gasteiger partial charge in [-0.2, -0.15) is 5.10 Å². The molecule has 4 rings (SSSR count). The zero-order chi connectivity index (χ0) is 19.1. The molecule has 6 nitrogen and oxygen atoms in total. The van der Waals surface area contributed by atoms with E-state index in [2.05, 4.69) is 70.1 Å². The van der Waals surface area contributed by atoms with E-state index in [9.17, 15) is 0 Å². The largest absolute Gasteiger partial charge is 0.356 e. The first-order valence-electron chi connectivity index (χ1n) is 9.61. The molecule has 1 aliphatic heterocycles. The fraction of sp³-hybridized carbons (Fsp3) is 0.476. The summed E-state index contributed by atoms with van der Waals surface area (Å²) in [7, 11) is 0. The molecule has 1 fully saturated rings. The van der Waals surface area contributed by atoms with Crippen LogP contribution in [0.25, 0.3) is 11.0 Å². The van der Waals surface area contributed by atoms with E-state index >= 15 is 0 Å². The maximum atomic E-state index is 6.77. The van der Waals surface area contributed by atoms with Gasteiger partial charge in [0.2, 0.25) is 0 Å². The van der Waals surface area contributed by atoms with E-state index in [1.807, 2.05) is 0 Å². The summed E-state index contributed by atoms with van der Waals surface area (Å²) >= 11 is 0. The third kappa shape index (κ3) is 3.67. The Morgan fingerprint density at radius 1 is 1.11 bits per heavy atom. The number of nitrogens with two attached hydrogens (primary N) is 1. The van der Waals surface area contributed by atoms with Crippen LogP contribution in [0.3, 0.4) is 0 Å². The highest BCUT2D eigenvalue weighted by Crippen LogP contribution is 2.30. The van der Waals surface area contributed by atoms with E-state index in [4.69, 9.17) is 5.73 Å². The van der Waals surface area contributed by atoms with E-state index in [0.717, 1.165) is 49.2 Å². The molecule has 3 aromatic rings. The zero-order valence-electron chi connectivity index (χ0n) is 16.4. The fourth-order valence-electron chi connectivity index (χ4n) is 3.87. The van der Waals surface area contributed by atoms with Gasteiger partial charge in [0.05, 0.1) is 11.6 Å². The van der Waals surface area contributed by atoms with Crippen LogP contribution in [0.15, 0.2) is 36.8 Å². The molecule has 2 aromatic heterocycles. The molecular formula is C21H28N6. The molecule has 3 heterocycles. The molecule has 142 valence electrons. The highest BCUT2D eigenvalue weighted by molar-refractivity contribution is 5.86. The van der Waals surface area contributed by atoms with Crippen LogP contribution in [0.5, 0.6) is 0 Å². The van der Waals surface area contributed by atoms with Crippen LogP contribution < -0.4 is 10.6 Å². The minimum atomic E-state index is -0.164. The van der Waals surface area contributed by atoms with Crippen LogP contribution in [0.1, 0.15) is 44.7 Å². The van der Waals surface area contributed by atoms with E-state index in [-0.39, 0.29) is 11.0 Å². The maximum absolute atomic E-state index is 6.77. The number of piperidine rings is 1. The van der Waals surface area contributed by atoms with Gasteiger partial charge in [0, 0.05) is 18.6 Å². The van der Waals surface area contributed by atoms with Crippen LogP contribution in [0, 0.1) is 0 Å². The van der Waals surface area contributed by atoms with Crippen LogP contribution >= 0.6 is 0 Å². The van der Waals surface area contributed by atoms with Gasteiger partial charge in [-0.15, -0.1) is 0 Å². The summed E-state index contributed by atoms with van der Waals surface area (Å²) in [4.78, 5) is 11.0. The molecule has 0 unspecified atom stereocenters. The number of nitrogens with one attached hydrogen (secondary N) is 1. The summed E-state index contributed by atoms with van der Waals surface area (Å²) in [5.74, 6) is 0.949. The molecule has 0 atom stereocenters. The lowest BCUT2D eigenvalue weighted by atomic mass is 9.81. The van der Waals surface area contributed by atoms with Gasteiger partial charge in [-0.3, -0.25) is 5.10 Å². The van der Waals surface area contributed by atoms with E-state index in [1.165, 1.54) is 11.1 Å². The van der Waals surface area contributed by atoms with Crippen LogP contribution in [-0.2, 0) is 11.8 Å². The van der Waals surface area contributed by atoms with Gasteiger partial charge in [0.1, 0.15) is 12.1 Å². The van der Waals surface area contributed by atoms with Gasteiger partial charge >= 0.3 is 0 Å². The van der Waals surface area contributed by atoms with Crippen LogP contribution in [0.2, 0.25) is 0 Å². The van der Waals surface area contributed by atoms with Crippen molar-refractivity contribution in [2.75, 3.05) is 18.0 Å². The van der Waals surface area contributed by atoms with Gasteiger partial charge < -0.3 is 10.6 Å². The van der Waals surface area contributed by atoms with Crippen molar-refractivity contribution in [3.8, 4) is 0 Å². The van der Waals surface area contributed by atoms with Crippen LogP contribution in [0.4, 0.5) is 5.82 Å². The smallest absolute Gasteiger partial charge is 0.160 e. The van der Waals surface area contributed by atoms with Crippen LogP contribution in [-0.4, -0.2) is 38.8 Å². The minimum Gasteiger partial charge on any atom is -0.356 e. The van der Waals surface area contributed by atoms with E-state index in [0.29, 0.717) is 0 Å². The number of hydrogen-bond donors (Lipinski definition) is 2. The molecule has 1 saturated heterocycles. The quantitative estimate of drug-likeness (QED) is 0.746. The second kappa shape index (κ2) is 6.60. The molecule has 0 aliphatic carbocycles. The highest BCUT2D eigenvalue weighted by atomic mass is 15.2. The predicted molar refractivity (Wildman–Crippen MR) is 109 cm³/mol. The number of aromatic nitrogens is 4. The summed E-state index contributed by atoms with van der Waals surface area (Å²) in [6, 6.07) is 8.96.